The largest absolute Gasteiger partial charge is 0.494 e. The van der Waals surface area contributed by atoms with Crippen LogP contribution < -0.4 is 14.2 Å². The smallest absolute Gasteiger partial charge is 0.343 e. The minimum atomic E-state index is -0.482. The van der Waals surface area contributed by atoms with Crippen molar-refractivity contribution in [1.29, 1.82) is 0 Å². The van der Waals surface area contributed by atoms with Crippen LogP contribution in [-0.4, -0.2) is 19.0 Å². The fourth-order valence-electron chi connectivity index (χ4n) is 2.89. The number of carbonyl (C=O) groups excluding carboxylic acids is 2. The second-order valence-electron chi connectivity index (χ2n) is 6.73. The third kappa shape index (κ3) is 5.95. The normalized spacial score (nSPS) is 10.3. The zero-order chi connectivity index (χ0) is 21.2. The fourth-order valence-corrected chi connectivity index (χ4v) is 2.89. The molecular formula is C25H24O5. The minimum absolute atomic E-state index is 0.336. The van der Waals surface area contributed by atoms with Gasteiger partial charge in [0.25, 0.3) is 6.47 Å². The molecule has 3 aromatic rings. The Kier molecular flexibility index (Phi) is 7.61. The maximum absolute atomic E-state index is 12.3. The Morgan fingerprint density at radius 3 is 1.90 bits per heavy atom. The molecular weight excluding hydrogens is 380 g/mol. The van der Waals surface area contributed by atoms with Gasteiger partial charge in [0.15, 0.2) is 0 Å². The van der Waals surface area contributed by atoms with Crippen LogP contribution in [0.5, 0.6) is 17.2 Å². The van der Waals surface area contributed by atoms with Crippen molar-refractivity contribution in [3.8, 4) is 28.4 Å². The van der Waals surface area contributed by atoms with E-state index in [0.29, 0.717) is 23.5 Å². The lowest BCUT2D eigenvalue weighted by Gasteiger charge is -2.08. The standard InChI is InChI=1S/C25H24O5/c1-2-3-4-17-28-22-11-5-19(6-12-22)20-7-15-24(16-8-20)30-25(27)21-9-13-23(14-10-21)29-18-26/h5-16,18H,2-4,17H2,1H3. The topological polar surface area (TPSA) is 61.8 Å². The number of benzene rings is 3. The molecule has 0 aliphatic rings. The van der Waals surface area contributed by atoms with Crippen LogP contribution in [0.25, 0.3) is 11.1 Å². The van der Waals surface area contributed by atoms with Crippen molar-refractivity contribution in [2.24, 2.45) is 0 Å². The van der Waals surface area contributed by atoms with Gasteiger partial charge in [0.1, 0.15) is 17.2 Å². The van der Waals surface area contributed by atoms with Crippen molar-refractivity contribution in [3.05, 3.63) is 78.4 Å². The quantitative estimate of drug-likeness (QED) is 0.188. The molecule has 3 aromatic carbocycles. The average Bonchev–Trinajstić information content (AvgIpc) is 2.78. The van der Waals surface area contributed by atoms with Gasteiger partial charge in [-0.3, -0.25) is 4.79 Å². The molecule has 0 atom stereocenters. The average molecular weight is 404 g/mol. The molecule has 0 radical (unpaired) electrons. The molecule has 3 rings (SSSR count). The van der Waals surface area contributed by atoms with Crippen LogP contribution in [-0.2, 0) is 4.79 Å². The van der Waals surface area contributed by atoms with Gasteiger partial charge < -0.3 is 14.2 Å². The molecule has 0 saturated carbocycles. The van der Waals surface area contributed by atoms with Crippen LogP contribution in [0, 0.1) is 0 Å². The van der Waals surface area contributed by atoms with Crippen LogP contribution in [0.4, 0.5) is 0 Å². The zero-order valence-electron chi connectivity index (χ0n) is 16.9. The number of unbranched alkanes of at least 4 members (excludes halogenated alkanes) is 2. The van der Waals surface area contributed by atoms with E-state index in [1.807, 2.05) is 36.4 Å². The molecule has 5 nitrogen and oxygen atoms in total. The minimum Gasteiger partial charge on any atom is -0.494 e. The Balaban J connectivity index is 1.57. The first-order chi connectivity index (χ1) is 14.7. The lowest BCUT2D eigenvalue weighted by molar-refractivity contribution is -0.120. The Bertz CT molecular complexity index is 944. The van der Waals surface area contributed by atoms with Gasteiger partial charge in [-0.05, 0) is 66.1 Å². The molecule has 0 aliphatic heterocycles. The van der Waals surface area contributed by atoms with Gasteiger partial charge in [-0.15, -0.1) is 0 Å². The summed E-state index contributed by atoms with van der Waals surface area (Å²) in [6.07, 6.45) is 3.42. The van der Waals surface area contributed by atoms with E-state index in [1.165, 1.54) is 25.0 Å². The highest BCUT2D eigenvalue weighted by Gasteiger charge is 2.09. The van der Waals surface area contributed by atoms with Crippen LogP contribution in [0.15, 0.2) is 72.8 Å². The molecule has 0 aromatic heterocycles. The molecule has 0 spiro atoms. The van der Waals surface area contributed by atoms with Crippen molar-refractivity contribution >= 4 is 12.4 Å². The van der Waals surface area contributed by atoms with Gasteiger partial charge in [-0.25, -0.2) is 4.79 Å². The summed E-state index contributed by atoms with van der Waals surface area (Å²) >= 11 is 0. The molecule has 0 heterocycles. The second kappa shape index (κ2) is 10.8. The van der Waals surface area contributed by atoms with Crippen LogP contribution in [0.1, 0.15) is 36.5 Å². The van der Waals surface area contributed by atoms with Crippen molar-refractivity contribution in [2.45, 2.75) is 26.2 Å². The van der Waals surface area contributed by atoms with Gasteiger partial charge in [-0.2, -0.15) is 0 Å². The van der Waals surface area contributed by atoms with Crippen molar-refractivity contribution in [1.82, 2.24) is 0 Å². The first-order valence-corrected chi connectivity index (χ1v) is 9.95. The number of hydrogen-bond acceptors (Lipinski definition) is 5. The highest BCUT2D eigenvalue weighted by molar-refractivity contribution is 5.91. The van der Waals surface area contributed by atoms with E-state index in [4.69, 9.17) is 14.2 Å². The lowest BCUT2D eigenvalue weighted by atomic mass is 10.1. The van der Waals surface area contributed by atoms with Gasteiger partial charge >= 0.3 is 5.97 Å². The molecule has 154 valence electrons. The van der Waals surface area contributed by atoms with Crippen molar-refractivity contribution < 1.29 is 23.8 Å². The van der Waals surface area contributed by atoms with E-state index in [-0.39, 0.29) is 0 Å². The number of carbonyl (C=O) groups is 2. The Morgan fingerprint density at radius 1 is 0.767 bits per heavy atom. The summed E-state index contributed by atoms with van der Waals surface area (Å²) in [5.74, 6) is 1.20. The monoisotopic (exact) mass is 404 g/mol. The molecule has 0 bridgehead atoms. The van der Waals surface area contributed by atoms with Crippen LogP contribution in [0.3, 0.4) is 0 Å². The molecule has 0 unspecified atom stereocenters. The number of esters is 1. The first kappa shape index (κ1) is 21.1. The van der Waals surface area contributed by atoms with Crippen molar-refractivity contribution in [3.63, 3.8) is 0 Å². The van der Waals surface area contributed by atoms with E-state index in [0.717, 1.165) is 29.9 Å². The summed E-state index contributed by atoms with van der Waals surface area (Å²) in [5.41, 5.74) is 2.44. The summed E-state index contributed by atoms with van der Waals surface area (Å²) in [6.45, 7) is 3.24. The lowest BCUT2D eigenvalue weighted by Crippen LogP contribution is -2.08. The number of rotatable bonds is 10. The molecule has 30 heavy (non-hydrogen) atoms. The second-order valence-corrected chi connectivity index (χ2v) is 6.73. The van der Waals surface area contributed by atoms with E-state index < -0.39 is 5.97 Å². The third-order valence-corrected chi connectivity index (χ3v) is 4.54. The summed E-state index contributed by atoms with van der Waals surface area (Å²) in [4.78, 5) is 22.6. The predicted octanol–water partition coefficient (Wildman–Crippen LogP) is 5.68. The fraction of sp³-hybridized carbons (Fsp3) is 0.200. The maximum Gasteiger partial charge on any atom is 0.343 e. The summed E-state index contributed by atoms with van der Waals surface area (Å²) in [7, 11) is 0. The zero-order valence-corrected chi connectivity index (χ0v) is 16.9. The number of ether oxygens (including phenoxy) is 3. The Labute approximate surface area is 176 Å². The van der Waals surface area contributed by atoms with E-state index >= 15 is 0 Å². The highest BCUT2D eigenvalue weighted by atomic mass is 16.5. The van der Waals surface area contributed by atoms with Gasteiger partial charge in [0, 0.05) is 0 Å². The SMILES string of the molecule is CCCCCOc1ccc(-c2ccc(OC(=O)c3ccc(OC=O)cc3)cc2)cc1. The molecule has 5 heteroatoms. The van der Waals surface area contributed by atoms with E-state index in [2.05, 4.69) is 6.92 Å². The maximum atomic E-state index is 12.3. The predicted molar refractivity (Wildman–Crippen MR) is 115 cm³/mol. The Morgan fingerprint density at radius 2 is 1.33 bits per heavy atom. The summed E-state index contributed by atoms with van der Waals surface area (Å²) in [5, 5.41) is 0. The van der Waals surface area contributed by atoms with Gasteiger partial charge in [0.05, 0.1) is 12.2 Å². The molecule has 0 amide bonds. The van der Waals surface area contributed by atoms with Crippen LogP contribution >= 0.6 is 0 Å². The Hall–Kier alpha value is -3.60. The molecule has 0 N–H and O–H groups in total. The molecule has 0 saturated heterocycles. The van der Waals surface area contributed by atoms with Gasteiger partial charge in [0.2, 0.25) is 0 Å². The summed E-state index contributed by atoms with van der Waals surface area (Å²) in [6, 6.07) is 21.4. The summed E-state index contributed by atoms with van der Waals surface area (Å²) < 4.78 is 15.9. The molecule has 0 fully saturated rings. The van der Waals surface area contributed by atoms with E-state index in [1.54, 1.807) is 24.3 Å². The third-order valence-electron chi connectivity index (χ3n) is 4.54. The van der Waals surface area contributed by atoms with Gasteiger partial charge in [-0.1, -0.05) is 44.0 Å². The van der Waals surface area contributed by atoms with E-state index in [9.17, 15) is 9.59 Å². The molecule has 0 aliphatic carbocycles. The van der Waals surface area contributed by atoms with Crippen LogP contribution in [0.2, 0.25) is 0 Å². The highest BCUT2D eigenvalue weighted by Crippen LogP contribution is 2.25. The number of hydrogen-bond donors (Lipinski definition) is 0. The van der Waals surface area contributed by atoms with Crippen molar-refractivity contribution in [2.75, 3.05) is 6.61 Å². The first-order valence-electron chi connectivity index (χ1n) is 9.95.